The van der Waals surface area contributed by atoms with Crippen molar-refractivity contribution in [2.24, 2.45) is 11.8 Å². The minimum absolute atomic E-state index is 0.0375. The fraction of sp³-hybridized carbons (Fsp3) is 0.714. The van der Waals surface area contributed by atoms with Crippen molar-refractivity contribution < 1.29 is 28.5 Å². The van der Waals surface area contributed by atoms with Gasteiger partial charge in [-0.2, -0.15) is 0 Å². The number of carbonyl (C=O) groups excluding carboxylic acids is 2. The second-order valence-electron chi connectivity index (χ2n) is 5.33. The van der Waals surface area contributed by atoms with Gasteiger partial charge in [-0.1, -0.05) is 12.2 Å². The maximum atomic E-state index is 12.1. The lowest BCUT2D eigenvalue weighted by molar-refractivity contribution is -0.161. The monoisotopic (exact) mass is 282 g/mol. The number of carbonyl (C=O) groups is 2. The fourth-order valence-electron chi connectivity index (χ4n) is 2.23. The summed E-state index contributed by atoms with van der Waals surface area (Å²) in [5.74, 6) is -1.58. The average Bonchev–Trinajstić information content (AvgIpc) is 3.36. The zero-order valence-electron chi connectivity index (χ0n) is 11.2. The molecule has 2 fully saturated rings. The highest BCUT2D eigenvalue weighted by Gasteiger charge is 2.38. The molecular formula is C14H18O6. The molecule has 0 saturated carbocycles. The Morgan fingerprint density at radius 2 is 1.30 bits per heavy atom. The number of hydrogen-bond donors (Lipinski definition) is 0. The SMILES string of the molecule is O=C(OC[C@H]1CO1)[C@H]1CC=CC[C@@H]1C(=O)OC[C@H]1CO1. The second-order valence-corrected chi connectivity index (χ2v) is 5.33. The van der Waals surface area contributed by atoms with Gasteiger partial charge in [0.1, 0.15) is 25.4 Å². The smallest absolute Gasteiger partial charge is 0.310 e. The van der Waals surface area contributed by atoms with Gasteiger partial charge < -0.3 is 18.9 Å². The molecule has 110 valence electrons. The van der Waals surface area contributed by atoms with Crippen LogP contribution < -0.4 is 0 Å². The Bertz CT molecular complexity index is 372. The molecular weight excluding hydrogens is 264 g/mol. The van der Waals surface area contributed by atoms with E-state index < -0.39 is 11.8 Å². The fourth-order valence-corrected chi connectivity index (χ4v) is 2.23. The summed E-state index contributed by atoms with van der Waals surface area (Å²) in [4.78, 5) is 24.1. The highest BCUT2D eigenvalue weighted by molar-refractivity contribution is 5.82. The van der Waals surface area contributed by atoms with Crippen LogP contribution in [-0.4, -0.2) is 50.6 Å². The zero-order valence-corrected chi connectivity index (χ0v) is 11.2. The van der Waals surface area contributed by atoms with Crippen LogP contribution in [0.2, 0.25) is 0 Å². The Hall–Kier alpha value is -1.40. The van der Waals surface area contributed by atoms with E-state index in [1.54, 1.807) is 0 Å². The summed E-state index contributed by atoms with van der Waals surface area (Å²) in [6.45, 7) is 1.84. The summed E-state index contributed by atoms with van der Waals surface area (Å²) in [6, 6.07) is 0. The van der Waals surface area contributed by atoms with E-state index in [1.165, 1.54) is 0 Å². The van der Waals surface area contributed by atoms with Gasteiger partial charge in [0.05, 0.1) is 25.0 Å². The lowest BCUT2D eigenvalue weighted by Crippen LogP contribution is -2.34. The molecule has 4 atom stereocenters. The van der Waals surface area contributed by atoms with Gasteiger partial charge in [0, 0.05) is 0 Å². The van der Waals surface area contributed by atoms with Crippen LogP contribution in [0.1, 0.15) is 12.8 Å². The quantitative estimate of drug-likeness (QED) is 0.400. The first kappa shape index (κ1) is 13.6. The number of allylic oxidation sites excluding steroid dienone is 2. The van der Waals surface area contributed by atoms with Crippen LogP contribution in [0.4, 0.5) is 0 Å². The number of epoxide rings is 2. The van der Waals surface area contributed by atoms with Crippen molar-refractivity contribution in [2.45, 2.75) is 25.0 Å². The van der Waals surface area contributed by atoms with Gasteiger partial charge in [-0.3, -0.25) is 9.59 Å². The molecule has 2 aliphatic heterocycles. The lowest BCUT2D eigenvalue weighted by atomic mass is 9.83. The van der Waals surface area contributed by atoms with Gasteiger partial charge in [-0.15, -0.1) is 0 Å². The lowest BCUT2D eigenvalue weighted by Gasteiger charge is -2.25. The van der Waals surface area contributed by atoms with Gasteiger partial charge in [0.15, 0.2) is 0 Å². The minimum Gasteiger partial charge on any atom is -0.463 e. The topological polar surface area (TPSA) is 77.7 Å². The van der Waals surface area contributed by atoms with Crippen LogP contribution >= 0.6 is 0 Å². The predicted molar refractivity (Wildman–Crippen MR) is 66.8 cm³/mol. The summed E-state index contributed by atoms with van der Waals surface area (Å²) in [6.07, 6.45) is 4.93. The standard InChI is InChI=1S/C14H18O6/c15-13(19-7-9-5-17-9)11-3-1-2-4-12(11)14(16)20-8-10-6-18-10/h1-2,9-12H,3-8H2/t9-,10-,11+,12+/m1/s1. The molecule has 0 aromatic heterocycles. The van der Waals surface area contributed by atoms with Crippen LogP contribution in [0.25, 0.3) is 0 Å². The molecule has 0 aromatic rings. The largest absolute Gasteiger partial charge is 0.463 e. The van der Waals surface area contributed by atoms with E-state index in [9.17, 15) is 9.59 Å². The van der Waals surface area contributed by atoms with E-state index in [0.29, 0.717) is 26.1 Å². The van der Waals surface area contributed by atoms with Gasteiger partial charge in [0.2, 0.25) is 0 Å². The van der Waals surface area contributed by atoms with Gasteiger partial charge in [-0.25, -0.2) is 0 Å². The maximum absolute atomic E-state index is 12.1. The van der Waals surface area contributed by atoms with Crippen molar-refractivity contribution in [1.82, 2.24) is 0 Å². The Morgan fingerprint density at radius 1 is 0.900 bits per heavy atom. The predicted octanol–water partition coefficient (Wildman–Crippen LogP) is 0.453. The molecule has 1 aliphatic carbocycles. The van der Waals surface area contributed by atoms with Gasteiger partial charge in [0.25, 0.3) is 0 Å². The van der Waals surface area contributed by atoms with Crippen molar-refractivity contribution in [2.75, 3.05) is 26.4 Å². The van der Waals surface area contributed by atoms with Gasteiger partial charge >= 0.3 is 11.9 Å². The number of ether oxygens (including phenoxy) is 4. The molecule has 20 heavy (non-hydrogen) atoms. The Kier molecular flexibility index (Phi) is 4.03. The van der Waals surface area contributed by atoms with E-state index >= 15 is 0 Å². The zero-order chi connectivity index (χ0) is 13.9. The van der Waals surface area contributed by atoms with Crippen LogP contribution in [0, 0.1) is 11.8 Å². The Labute approximate surface area is 117 Å². The van der Waals surface area contributed by atoms with E-state index in [4.69, 9.17) is 18.9 Å². The van der Waals surface area contributed by atoms with Crippen LogP contribution in [0.3, 0.4) is 0 Å². The first-order chi connectivity index (χ1) is 9.74. The summed E-state index contributed by atoms with van der Waals surface area (Å²) in [5, 5.41) is 0. The van der Waals surface area contributed by atoms with Crippen LogP contribution in [-0.2, 0) is 28.5 Å². The van der Waals surface area contributed by atoms with Crippen molar-refractivity contribution in [3.05, 3.63) is 12.2 Å². The molecule has 3 aliphatic rings. The normalized spacial score (nSPS) is 34.4. The number of esters is 2. The molecule has 0 aromatic carbocycles. The van der Waals surface area contributed by atoms with Crippen molar-refractivity contribution in [1.29, 1.82) is 0 Å². The Balaban J connectivity index is 1.52. The molecule has 2 heterocycles. The van der Waals surface area contributed by atoms with Crippen molar-refractivity contribution in [3.63, 3.8) is 0 Å². The van der Waals surface area contributed by atoms with Crippen LogP contribution in [0.15, 0.2) is 12.2 Å². The average molecular weight is 282 g/mol. The molecule has 0 unspecified atom stereocenters. The number of hydrogen-bond acceptors (Lipinski definition) is 6. The van der Waals surface area contributed by atoms with Crippen molar-refractivity contribution >= 4 is 11.9 Å². The summed E-state index contributed by atoms with van der Waals surface area (Å²) in [7, 11) is 0. The first-order valence-corrected chi connectivity index (χ1v) is 6.95. The second kappa shape index (κ2) is 5.93. The van der Waals surface area contributed by atoms with Crippen LogP contribution in [0.5, 0.6) is 0 Å². The molecule has 2 saturated heterocycles. The van der Waals surface area contributed by atoms with E-state index in [1.807, 2.05) is 12.2 Å². The first-order valence-electron chi connectivity index (χ1n) is 6.95. The summed E-state index contributed by atoms with van der Waals surface area (Å²) >= 11 is 0. The molecule has 6 heteroatoms. The highest BCUT2D eigenvalue weighted by Crippen LogP contribution is 2.28. The third-order valence-corrected chi connectivity index (χ3v) is 3.67. The van der Waals surface area contributed by atoms with E-state index in [0.717, 1.165) is 0 Å². The molecule has 6 nitrogen and oxygen atoms in total. The molecule has 0 bridgehead atoms. The van der Waals surface area contributed by atoms with Gasteiger partial charge in [-0.05, 0) is 12.8 Å². The highest BCUT2D eigenvalue weighted by atomic mass is 16.6. The minimum atomic E-state index is -0.452. The molecule has 0 spiro atoms. The van der Waals surface area contributed by atoms with Crippen molar-refractivity contribution in [3.8, 4) is 0 Å². The van der Waals surface area contributed by atoms with E-state index in [-0.39, 0.29) is 37.4 Å². The number of rotatable bonds is 6. The Morgan fingerprint density at radius 3 is 1.65 bits per heavy atom. The summed E-state index contributed by atoms with van der Waals surface area (Å²) < 4.78 is 20.4. The summed E-state index contributed by atoms with van der Waals surface area (Å²) in [5.41, 5.74) is 0. The van der Waals surface area contributed by atoms with E-state index in [2.05, 4.69) is 0 Å². The molecule has 0 N–H and O–H groups in total. The molecule has 0 radical (unpaired) electrons. The maximum Gasteiger partial charge on any atom is 0.310 e. The third kappa shape index (κ3) is 3.58. The molecule has 0 amide bonds. The molecule has 3 rings (SSSR count). The third-order valence-electron chi connectivity index (χ3n) is 3.67.